The number of rotatable bonds is 4. The predicted octanol–water partition coefficient (Wildman–Crippen LogP) is 3.74. The molecule has 122 valence electrons. The van der Waals surface area contributed by atoms with E-state index in [0.717, 1.165) is 5.56 Å². The van der Waals surface area contributed by atoms with Crippen molar-refractivity contribution in [3.63, 3.8) is 0 Å². The Bertz CT molecular complexity index is 914. The molecule has 0 bridgehead atoms. The summed E-state index contributed by atoms with van der Waals surface area (Å²) in [5.74, 6) is -1.06. The molecule has 1 amide bonds. The van der Waals surface area contributed by atoms with Crippen LogP contribution in [0.4, 0.5) is 8.78 Å². The third-order valence-corrected chi connectivity index (χ3v) is 3.76. The van der Waals surface area contributed by atoms with Crippen LogP contribution in [-0.4, -0.2) is 15.5 Å². The van der Waals surface area contributed by atoms with E-state index in [1.807, 2.05) is 0 Å². The van der Waals surface area contributed by atoms with Crippen molar-refractivity contribution < 1.29 is 13.6 Å². The summed E-state index contributed by atoms with van der Waals surface area (Å²) in [5, 5.41) is 2.75. The molecule has 2 N–H and O–H groups in total. The Kier molecular flexibility index (Phi) is 4.52. The highest BCUT2D eigenvalue weighted by Gasteiger charge is 2.14. The Morgan fingerprint density at radius 2 is 1.62 bits per heavy atom. The predicted molar refractivity (Wildman–Crippen MR) is 88.5 cm³/mol. The lowest BCUT2D eigenvalue weighted by atomic mass is 10.2. The first-order valence-electron chi connectivity index (χ1n) is 7.13. The summed E-state index contributed by atoms with van der Waals surface area (Å²) in [6.07, 6.45) is 1.49. The van der Waals surface area contributed by atoms with Gasteiger partial charge in [-0.1, -0.05) is 12.1 Å². The van der Waals surface area contributed by atoms with Crippen LogP contribution in [-0.2, 0) is 6.54 Å². The number of amides is 1. The van der Waals surface area contributed by atoms with E-state index in [1.54, 1.807) is 12.1 Å². The molecule has 0 aliphatic heterocycles. The van der Waals surface area contributed by atoms with Gasteiger partial charge in [-0.25, -0.2) is 8.78 Å². The van der Waals surface area contributed by atoms with Crippen molar-refractivity contribution in [1.82, 2.24) is 14.9 Å². The largest absolute Gasteiger partial charge is 0.347 e. The van der Waals surface area contributed by atoms with Gasteiger partial charge in [-0.3, -0.25) is 9.36 Å². The molecule has 0 spiro atoms. The lowest BCUT2D eigenvalue weighted by Gasteiger charge is -2.09. The molecular weight excluding hydrogens is 332 g/mol. The van der Waals surface area contributed by atoms with Crippen LogP contribution in [0.5, 0.6) is 0 Å². The highest BCUT2D eigenvalue weighted by atomic mass is 32.1. The summed E-state index contributed by atoms with van der Waals surface area (Å²) < 4.78 is 27.8. The third kappa shape index (κ3) is 3.41. The minimum absolute atomic E-state index is 0.250. The van der Waals surface area contributed by atoms with E-state index >= 15 is 0 Å². The molecule has 0 fully saturated rings. The SMILES string of the molecule is O=C(NCc1ccc(F)cc1)c1c[nH]c(=S)n1-c1ccc(F)cc1. The van der Waals surface area contributed by atoms with Gasteiger partial charge < -0.3 is 10.3 Å². The number of benzene rings is 2. The quantitative estimate of drug-likeness (QED) is 0.708. The molecular formula is C17H13F2N3OS. The summed E-state index contributed by atoms with van der Waals surface area (Å²) in [6.45, 7) is 0.250. The Labute approximate surface area is 141 Å². The molecule has 0 saturated carbocycles. The van der Waals surface area contributed by atoms with Gasteiger partial charge in [0.05, 0.1) is 0 Å². The Balaban J connectivity index is 1.82. The zero-order valence-electron chi connectivity index (χ0n) is 12.4. The van der Waals surface area contributed by atoms with Crippen molar-refractivity contribution in [2.75, 3.05) is 0 Å². The second-order valence-corrected chi connectivity index (χ2v) is 5.49. The van der Waals surface area contributed by atoms with E-state index < -0.39 is 0 Å². The average Bonchev–Trinajstić information content (AvgIpc) is 2.96. The van der Waals surface area contributed by atoms with E-state index in [-0.39, 0.29) is 24.1 Å². The molecule has 0 atom stereocenters. The molecule has 0 aliphatic carbocycles. The first kappa shape index (κ1) is 16.1. The Morgan fingerprint density at radius 1 is 1.04 bits per heavy atom. The van der Waals surface area contributed by atoms with Crippen molar-refractivity contribution in [3.05, 3.63) is 82.4 Å². The number of nitrogens with zero attached hydrogens (tertiary/aromatic N) is 1. The smallest absolute Gasteiger partial charge is 0.270 e. The number of H-pyrrole nitrogens is 1. The van der Waals surface area contributed by atoms with Crippen LogP contribution in [0.25, 0.3) is 5.69 Å². The molecule has 24 heavy (non-hydrogen) atoms. The van der Waals surface area contributed by atoms with E-state index in [2.05, 4.69) is 10.3 Å². The van der Waals surface area contributed by atoms with Gasteiger partial charge in [0.15, 0.2) is 4.77 Å². The van der Waals surface area contributed by atoms with E-state index in [4.69, 9.17) is 12.2 Å². The summed E-state index contributed by atoms with van der Waals surface area (Å²) in [5.41, 5.74) is 1.65. The monoisotopic (exact) mass is 345 g/mol. The maximum atomic E-state index is 13.1. The van der Waals surface area contributed by atoms with Gasteiger partial charge in [0.25, 0.3) is 5.91 Å². The number of carbonyl (C=O) groups excluding carboxylic acids is 1. The number of aromatic amines is 1. The lowest BCUT2D eigenvalue weighted by molar-refractivity contribution is 0.0944. The first-order chi connectivity index (χ1) is 11.5. The van der Waals surface area contributed by atoms with E-state index in [1.165, 1.54) is 47.2 Å². The Morgan fingerprint density at radius 3 is 2.25 bits per heavy atom. The zero-order chi connectivity index (χ0) is 17.1. The highest BCUT2D eigenvalue weighted by Crippen LogP contribution is 2.14. The fraction of sp³-hybridized carbons (Fsp3) is 0.0588. The van der Waals surface area contributed by atoms with Gasteiger partial charge in [-0.15, -0.1) is 0 Å². The molecule has 0 unspecified atom stereocenters. The topological polar surface area (TPSA) is 49.8 Å². The van der Waals surface area contributed by atoms with Crippen LogP contribution in [0.3, 0.4) is 0 Å². The fourth-order valence-electron chi connectivity index (χ4n) is 2.26. The van der Waals surface area contributed by atoms with Crippen molar-refractivity contribution in [2.24, 2.45) is 0 Å². The first-order valence-corrected chi connectivity index (χ1v) is 7.54. The molecule has 0 saturated heterocycles. The molecule has 7 heteroatoms. The third-order valence-electron chi connectivity index (χ3n) is 3.46. The number of halogens is 2. The van der Waals surface area contributed by atoms with Crippen LogP contribution in [0.15, 0.2) is 54.7 Å². The van der Waals surface area contributed by atoms with Gasteiger partial charge in [-0.05, 0) is 54.2 Å². The highest BCUT2D eigenvalue weighted by molar-refractivity contribution is 7.71. The van der Waals surface area contributed by atoms with E-state index in [9.17, 15) is 13.6 Å². The van der Waals surface area contributed by atoms with Crippen molar-refractivity contribution in [2.45, 2.75) is 6.54 Å². The maximum Gasteiger partial charge on any atom is 0.270 e. The number of carbonyl (C=O) groups is 1. The van der Waals surface area contributed by atoms with E-state index in [0.29, 0.717) is 16.2 Å². The van der Waals surface area contributed by atoms with Crippen LogP contribution in [0, 0.1) is 16.4 Å². The minimum Gasteiger partial charge on any atom is -0.347 e. The van der Waals surface area contributed by atoms with Gasteiger partial charge in [0, 0.05) is 18.4 Å². The number of imidazole rings is 1. The molecule has 2 aromatic carbocycles. The van der Waals surface area contributed by atoms with Gasteiger partial charge in [0.1, 0.15) is 17.3 Å². The summed E-state index contributed by atoms with van der Waals surface area (Å²) in [7, 11) is 0. The minimum atomic E-state index is -0.372. The second kappa shape index (κ2) is 6.76. The normalized spacial score (nSPS) is 10.6. The molecule has 3 aromatic rings. The number of aromatic nitrogens is 2. The van der Waals surface area contributed by atoms with Crippen LogP contribution < -0.4 is 5.32 Å². The van der Waals surface area contributed by atoms with Crippen molar-refractivity contribution in [1.29, 1.82) is 0 Å². The molecule has 1 heterocycles. The summed E-state index contributed by atoms with van der Waals surface area (Å²) in [6, 6.07) is 11.5. The number of hydrogen-bond donors (Lipinski definition) is 2. The van der Waals surface area contributed by atoms with Gasteiger partial charge in [-0.2, -0.15) is 0 Å². The van der Waals surface area contributed by atoms with Gasteiger partial charge in [0.2, 0.25) is 0 Å². The fourth-order valence-corrected chi connectivity index (χ4v) is 2.52. The number of nitrogens with one attached hydrogen (secondary N) is 2. The summed E-state index contributed by atoms with van der Waals surface area (Å²) in [4.78, 5) is 15.2. The lowest BCUT2D eigenvalue weighted by Crippen LogP contribution is -2.25. The molecule has 0 radical (unpaired) electrons. The molecule has 0 aliphatic rings. The zero-order valence-corrected chi connectivity index (χ0v) is 13.2. The van der Waals surface area contributed by atoms with Crippen LogP contribution >= 0.6 is 12.2 Å². The van der Waals surface area contributed by atoms with Crippen molar-refractivity contribution >= 4 is 18.1 Å². The maximum absolute atomic E-state index is 13.1. The second-order valence-electron chi connectivity index (χ2n) is 5.10. The molecule has 1 aromatic heterocycles. The Hall–Kier alpha value is -2.80. The van der Waals surface area contributed by atoms with Crippen molar-refractivity contribution in [3.8, 4) is 5.69 Å². The molecule has 4 nitrogen and oxygen atoms in total. The summed E-state index contributed by atoms with van der Waals surface area (Å²) >= 11 is 5.19. The molecule has 3 rings (SSSR count). The van der Waals surface area contributed by atoms with Crippen LogP contribution in [0.2, 0.25) is 0 Å². The van der Waals surface area contributed by atoms with Gasteiger partial charge >= 0.3 is 0 Å². The number of hydrogen-bond acceptors (Lipinski definition) is 2. The standard InChI is InChI=1S/C17H13F2N3OS/c18-12-3-1-11(2-4-12)9-20-16(23)15-10-21-17(24)22(15)14-7-5-13(19)6-8-14/h1-8,10H,9H2,(H,20,23)(H,21,24). The van der Waals surface area contributed by atoms with Crippen LogP contribution in [0.1, 0.15) is 16.1 Å². The average molecular weight is 345 g/mol.